The Morgan fingerprint density at radius 2 is 1.90 bits per heavy atom. The molecule has 0 bridgehead atoms. The van der Waals surface area contributed by atoms with E-state index in [0.29, 0.717) is 5.89 Å². The van der Waals surface area contributed by atoms with Gasteiger partial charge in [0.2, 0.25) is 5.89 Å². The number of hydrogen-bond donors (Lipinski definition) is 0. The van der Waals surface area contributed by atoms with E-state index in [-0.39, 0.29) is 5.25 Å². The first-order valence-corrected chi connectivity index (χ1v) is 11.0. The average molecular weight is 421 g/mol. The zero-order chi connectivity index (χ0) is 20.9. The number of rotatable bonds is 8. The first kappa shape index (κ1) is 20.3. The minimum Gasteiger partial charge on any atom is -0.338 e. The molecule has 0 amide bonds. The Balaban J connectivity index is 1.69. The van der Waals surface area contributed by atoms with Gasteiger partial charge in [0, 0.05) is 24.4 Å². The smallest absolute Gasteiger partial charge is 0.239 e. The predicted octanol–water partition coefficient (Wildman–Crippen LogP) is 5.22. The molecule has 0 spiro atoms. The number of unbranched alkanes of at least 4 members (excludes halogenated alkanes) is 1. The Morgan fingerprint density at radius 1 is 1.10 bits per heavy atom. The lowest BCUT2D eigenvalue weighted by atomic mass is 10.2. The second-order valence-corrected chi connectivity index (χ2v) is 8.38. The second kappa shape index (κ2) is 9.21. The van der Waals surface area contributed by atoms with E-state index in [9.17, 15) is 0 Å². The van der Waals surface area contributed by atoms with Crippen LogP contribution >= 0.6 is 11.8 Å². The topological polar surface area (TPSA) is 82.5 Å². The molecule has 0 aliphatic rings. The maximum absolute atomic E-state index is 5.51. The Morgan fingerprint density at radius 3 is 2.67 bits per heavy atom. The third-order valence-corrected chi connectivity index (χ3v) is 5.83. The summed E-state index contributed by atoms with van der Waals surface area (Å²) in [5, 5.41) is 13.8. The van der Waals surface area contributed by atoms with Crippen molar-refractivity contribution in [2.45, 2.75) is 50.4 Å². The highest BCUT2D eigenvalue weighted by Crippen LogP contribution is 2.36. The number of nitrogens with zero attached hydrogens (tertiary/aromatic N) is 6. The summed E-state index contributed by atoms with van der Waals surface area (Å²) in [6.07, 6.45) is 6.52. The molecule has 0 N–H and O–H groups in total. The van der Waals surface area contributed by atoms with E-state index in [4.69, 9.17) is 4.52 Å². The first-order chi connectivity index (χ1) is 14.7. The molecular formula is C22H24N6OS. The van der Waals surface area contributed by atoms with Gasteiger partial charge in [0.05, 0.1) is 10.9 Å². The summed E-state index contributed by atoms with van der Waals surface area (Å²) in [5.41, 5.74) is 3.14. The van der Waals surface area contributed by atoms with Crippen molar-refractivity contribution in [2.75, 3.05) is 0 Å². The number of hydrogen-bond acceptors (Lipinski definition) is 7. The van der Waals surface area contributed by atoms with Gasteiger partial charge in [0.1, 0.15) is 0 Å². The Labute approximate surface area is 180 Å². The second-order valence-electron chi connectivity index (χ2n) is 7.08. The highest BCUT2D eigenvalue weighted by Gasteiger charge is 2.22. The molecule has 3 heterocycles. The molecule has 3 aromatic heterocycles. The monoisotopic (exact) mass is 420 g/mol. The molecule has 0 saturated carbocycles. The first-order valence-electron chi connectivity index (χ1n) is 10.1. The average Bonchev–Trinajstić information content (AvgIpc) is 3.41. The van der Waals surface area contributed by atoms with Crippen LogP contribution in [-0.2, 0) is 6.42 Å². The van der Waals surface area contributed by atoms with Crippen molar-refractivity contribution < 1.29 is 4.52 Å². The van der Waals surface area contributed by atoms with E-state index >= 15 is 0 Å². The van der Waals surface area contributed by atoms with Gasteiger partial charge < -0.3 is 4.52 Å². The van der Waals surface area contributed by atoms with Crippen LogP contribution < -0.4 is 0 Å². The number of aryl methyl sites for hydroxylation is 2. The molecule has 8 heteroatoms. The van der Waals surface area contributed by atoms with Crippen LogP contribution in [0.1, 0.15) is 49.2 Å². The van der Waals surface area contributed by atoms with Gasteiger partial charge in [-0.3, -0.25) is 9.55 Å². The minimum absolute atomic E-state index is 0.0508. The number of pyridine rings is 1. The van der Waals surface area contributed by atoms with Crippen LogP contribution in [0.5, 0.6) is 0 Å². The van der Waals surface area contributed by atoms with E-state index in [1.165, 1.54) is 0 Å². The van der Waals surface area contributed by atoms with Crippen molar-refractivity contribution in [3.63, 3.8) is 0 Å². The fraction of sp³-hybridized carbons (Fsp3) is 0.318. The van der Waals surface area contributed by atoms with Crippen LogP contribution in [0.3, 0.4) is 0 Å². The molecule has 30 heavy (non-hydrogen) atoms. The van der Waals surface area contributed by atoms with Crippen molar-refractivity contribution in [2.24, 2.45) is 0 Å². The van der Waals surface area contributed by atoms with E-state index < -0.39 is 0 Å². The van der Waals surface area contributed by atoms with Gasteiger partial charge in [0.15, 0.2) is 16.8 Å². The van der Waals surface area contributed by atoms with Crippen molar-refractivity contribution in [1.29, 1.82) is 0 Å². The minimum atomic E-state index is -0.0508. The van der Waals surface area contributed by atoms with Gasteiger partial charge in [-0.1, -0.05) is 48.5 Å². The molecule has 1 atom stereocenters. The van der Waals surface area contributed by atoms with Crippen LogP contribution in [0, 0.1) is 6.92 Å². The number of para-hydroxylation sites is 1. The standard InChI is InChI=1S/C22H24N6OS/c1-4-5-10-19-24-21(29-27-19)16(3)30-22-26-25-20(17-11-13-23-14-12-17)28(22)18-9-7-6-8-15(18)2/h6-9,11-14,16H,4-5,10H2,1-3H3. The quantitative estimate of drug-likeness (QED) is 0.362. The van der Waals surface area contributed by atoms with Crippen molar-refractivity contribution in [3.8, 4) is 17.1 Å². The highest BCUT2D eigenvalue weighted by molar-refractivity contribution is 7.99. The van der Waals surface area contributed by atoms with Gasteiger partial charge in [0.25, 0.3) is 0 Å². The van der Waals surface area contributed by atoms with Crippen molar-refractivity contribution in [3.05, 3.63) is 66.1 Å². The van der Waals surface area contributed by atoms with Gasteiger partial charge in [-0.05, 0) is 44.0 Å². The number of aromatic nitrogens is 6. The summed E-state index contributed by atoms with van der Waals surface area (Å²) >= 11 is 1.56. The number of benzene rings is 1. The zero-order valence-electron chi connectivity index (χ0n) is 17.3. The third-order valence-electron chi connectivity index (χ3n) is 4.80. The van der Waals surface area contributed by atoms with Gasteiger partial charge in [-0.2, -0.15) is 4.98 Å². The van der Waals surface area contributed by atoms with Crippen molar-refractivity contribution >= 4 is 11.8 Å². The molecule has 1 unspecified atom stereocenters. The van der Waals surface area contributed by atoms with Gasteiger partial charge in [-0.15, -0.1) is 10.2 Å². The summed E-state index contributed by atoms with van der Waals surface area (Å²) in [6, 6.07) is 12.1. The fourth-order valence-electron chi connectivity index (χ4n) is 3.14. The third kappa shape index (κ3) is 4.28. The molecule has 4 rings (SSSR count). The lowest BCUT2D eigenvalue weighted by molar-refractivity contribution is 0.374. The van der Waals surface area contributed by atoms with Crippen LogP contribution in [-0.4, -0.2) is 29.9 Å². The molecule has 1 aromatic carbocycles. The molecule has 0 fully saturated rings. The molecule has 0 saturated heterocycles. The van der Waals surface area contributed by atoms with E-state index in [2.05, 4.69) is 55.9 Å². The molecule has 0 aliphatic carbocycles. The maximum Gasteiger partial charge on any atom is 0.239 e. The fourth-order valence-corrected chi connectivity index (χ4v) is 4.03. The van der Waals surface area contributed by atoms with Gasteiger partial charge >= 0.3 is 0 Å². The van der Waals surface area contributed by atoms with Gasteiger partial charge in [-0.25, -0.2) is 0 Å². The SMILES string of the molecule is CCCCc1noc(C(C)Sc2nnc(-c3ccncc3)n2-c2ccccc2C)n1. The zero-order valence-corrected chi connectivity index (χ0v) is 18.1. The van der Waals surface area contributed by atoms with Crippen LogP contribution in [0.15, 0.2) is 58.5 Å². The summed E-state index contributed by atoms with van der Waals surface area (Å²) in [4.78, 5) is 8.68. The Bertz CT molecular complexity index is 1110. The summed E-state index contributed by atoms with van der Waals surface area (Å²) in [6.45, 7) is 6.28. The van der Waals surface area contributed by atoms with Crippen LogP contribution in [0.2, 0.25) is 0 Å². The van der Waals surface area contributed by atoms with E-state index in [1.807, 2.05) is 31.2 Å². The molecular weight excluding hydrogens is 396 g/mol. The molecule has 0 radical (unpaired) electrons. The largest absolute Gasteiger partial charge is 0.338 e. The molecule has 0 aliphatic heterocycles. The lowest BCUT2D eigenvalue weighted by Gasteiger charge is -2.14. The number of thioether (sulfide) groups is 1. The summed E-state index contributed by atoms with van der Waals surface area (Å²) in [7, 11) is 0. The predicted molar refractivity (Wildman–Crippen MR) is 117 cm³/mol. The van der Waals surface area contributed by atoms with Crippen LogP contribution in [0.25, 0.3) is 17.1 Å². The Hall–Kier alpha value is -3.00. The van der Waals surface area contributed by atoms with Crippen LogP contribution in [0.4, 0.5) is 0 Å². The molecule has 154 valence electrons. The molecule has 7 nitrogen and oxygen atoms in total. The normalized spacial score (nSPS) is 12.2. The summed E-state index contributed by atoms with van der Waals surface area (Å²) in [5.74, 6) is 2.14. The lowest BCUT2D eigenvalue weighted by Crippen LogP contribution is -2.03. The summed E-state index contributed by atoms with van der Waals surface area (Å²) < 4.78 is 7.59. The van der Waals surface area contributed by atoms with Crippen molar-refractivity contribution in [1.82, 2.24) is 29.9 Å². The Kier molecular flexibility index (Phi) is 6.23. The van der Waals surface area contributed by atoms with E-state index in [1.54, 1.807) is 24.2 Å². The molecule has 4 aromatic rings. The maximum atomic E-state index is 5.51. The van der Waals surface area contributed by atoms with E-state index in [0.717, 1.165) is 52.9 Å². The highest BCUT2D eigenvalue weighted by atomic mass is 32.2.